The van der Waals surface area contributed by atoms with Gasteiger partial charge in [-0.1, -0.05) is 23.2 Å². The highest BCUT2D eigenvalue weighted by Crippen LogP contribution is 2.25. The number of esters is 1. The second kappa shape index (κ2) is 9.39. The maximum absolute atomic E-state index is 12.1. The van der Waals surface area contributed by atoms with E-state index in [-0.39, 0.29) is 17.4 Å². The molecule has 0 saturated heterocycles. The van der Waals surface area contributed by atoms with Crippen molar-refractivity contribution in [2.45, 2.75) is 20.0 Å². The number of anilines is 1. The monoisotopic (exact) mass is 409 g/mol. The van der Waals surface area contributed by atoms with Gasteiger partial charge < -0.3 is 14.8 Å². The van der Waals surface area contributed by atoms with Crippen LogP contribution in [0.5, 0.6) is 5.75 Å². The van der Waals surface area contributed by atoms with E-state index in [2.05, 4.69) is 5.32 Å². The predicted molar refractivity (Wildman–Crippen MR) is 103 cm³/mol. The van der Waals surface area contributed by atoms with E-state index in [1.807, 2.05) is 0 Å². The van der Waals surface area contributed by atoms with E-state index in [1.54, 1.807) is 36.4 Å². The number of nitrogens with one attached hydrogen (secondary N) is 1. The third kappa shape index (κ3) is 6.27. The van der Waals surface area contributed by atoms with Gasteiger partial charge in [0.2, 0.25) is 0 Å². The van der Waals surface area contributed by atoms with Gasteiger partial charge in [-0.3, -0.25) is 9.59 Å². The van der Waals surface area contributed by atoms with Crippen LogP contribution >= 0.6 is 23.2 Å². The van der Waals surface area contributed by atoms with Crippen LogP contribution in [-0.2, 0) is 14.3 Å². The Morgan fingerprint density at radius 1 is 1.07 bits per heavy atom. The zero-order valence-corrected chi connectivity index (χ0v) is 16.1. The first-order valence-corrected chi connectivity index (χ1v) is 8.71. The molecule has 1 N–H and O–H groups in total. The van der Waals surface area contributed by atoms with E-state index in [1.165, 1.54) is 19.9 Å². The van der Waals surface area contributed by atoms with Crippen molar-refractivity contribution < 1.29 is 23.9 Å². The van der Waals surface area contributed by atoms with Gasteiger partial charge in [0, 0.05) is 10.6 Å². The van der Waals surface area contributed by atoms with Crippen LogP contribution in [0.3, 0.4) is 0 Å². The molecule has 0 aromatic heterocycles. The number of rotatable bonds is 7. The number of hydrogen-bond acceptors (Lipinski definition) is 5. The molecule has 8 heteroatoms. The molecule has 1 atom stereocenters. The molecule has 142 valence electrons. The van der Waals surface area contributed by atoms with Gasteiger partial charge in [-0.05, 0) is 56.3 Å². The minimum absolute atomic E-state index is 0.0680. The number of benzene rings is 2. The van der Waals surface area contributed by atoms with Crippen LogP contribution in [0.25, 0.3) is 0 Å². The van der Waals surface area contributed by atoms with Gasteiger partial charge in [0.05, 0.1) is 10.7 Å². The quantitative estimate of drug-likeness (QED) is 0.548. The number of amides is 1. The maximum Gasteiger partial charge on any atom is 0.344 e. The molecule has 6 nitrogen and oxygen atoms in total. The summed E-state index contributed by atoms with van der Waals surface area (Å²) >= 11 is 11.8. The molecule has 0 unspecified atom stereocenters. The Balaban J connectivity index is 1.83. The summed E-state index contributed by atoms with van der Waals surface area (Å²) in [6.45, 7) is 2.51. The van der Waals surface area contributed by atoms with Crippen molar-refractivity contribution in [2.24, 2.45) is 0 Å². The Morgan fingerprint density at radius 2 is 1.74 bits per heavy atom. The van der Waals surface area contributed by atoms with Crippen LogP contribution in [0.1, 0.15) is 24.2 Å². The largest absolute Gasteiger partial charge is 0.482 e. The summed E-state index contributed by atoms with van der Waals surface area (Å²) in [5, 5.41) is 3.26. The smallest absolute Gasteiger partial charge is 0.344 e. The fraction of sp³-hybridized carbons (Fsp3) is 0.211. The molecule has 2 aromatic rings. The maximum atomic E-state index is 12.1. The summed E-state index contributed by atoms with van der Waals surface area (Å²) in [5.41, 5.74) is 0.895. The highest BCUT2D eigenvalue weighted by molar-refractivity contribution is 6.36. The second-order valence-corrected chi connectivity index (χ2v) is 6.46. The average molecular weight is 410 g/mol. The molecule has 0 heterocycles. The molecule has 0 spiro atoms. The zero-order chi connectivity index (χ0) is 20.0. The highest BCUT2D eigenvalue weighted by atomic mass is 35.5. The first kappa shape index (κ1) is 20.7. The molecular weight excluding hydrogens is 393 g/mol. The Hall–Kier alpha value is -2.57. The summed E-state index contributed by atoms with van der Waals surface area (Å²) in [6, 6.07) is 10.9. The van der Waals surface area contributed by atoms with Crippen molar-refractivity contribution >= 4 is 46.5 Å². The molecule has 27 heavy (non-hydrogen) atoms. The molecule has 2 aromatic carbocycles. The molecule has 0 aliphatic rings. The number of Topliss-reactive ketones (excluding diaryl/α,β-unsaturated/α-hetero) is 1. The molecule has 0 bridgehead atoms. The summed E-state index contributed by atoms with van der Waals surface area (Å²) < 4.78 is 10.3. The topological polar surface area (TPSA) is 81.7 Å². The molecule has 1 amide bonds. The van der Waals surface area contributed by atoms with E-state index in [4.69, 9.17) is 32.7 Å². The van der Waals surface area contributed by atoms with Crippen molar-refractivity contribution in [3.05, 3.63) is 58.1 Å². The normalized spacial score (nSPS) is 11.4. The minimum atomic E-state index is -1.05. The van der Waals surface area contributed by atoms with Crippen molar-refractivity contribution in [1.29, 1.82) is 0 Å². The fourth-order valence-corrected chi connectivity index (χ4v) is 2.49. The number of halogens is 2. The van der Waals surface area contributed by atoms with E-state index in [0.29, 0.717) is 22.0 Å². The van der Waals surface area contributed by atoms with Gasteiger partial charge >= 0.3 is 5.97 Å². The number of ketones is 1. The van der Waals surface area contributed by atoms with Gasteiger partial charge in [0.25, 0.3) is 5.91 Å². The fourth-order valence-electron chi connectivity index (χ4n) is 2.04. The van der Waals surface area contributed by atoms with Crippen LogP contribution in [-0.4, -0.2) is 30.4 Å². The van der Waals surface area contributed by atoms with Crippen molar-refractivity contribution in [2.75, 3.05) is 11.9 Å². The van der Waals surface area contributed by atoms with E-state index < -0.39 is 18.0 Å². The Kier molecular flexibility index (Phi) is 7.21. The lowest BCUT2D eigenvalue weighted by Crippen LogP contribution is -2.31. The van der Waals surface area contributed by atoms with E-state index in [0.717, 1.165) is 0 Å². The zero-order valence-electron chi connectivity index (χ0n) is 14.6. The lowest BCUT2D eigenvalue weighted by atomic mass is 10.1. The van der Waals surface area contributed by atoms with Crippen molar-refractivity contribution in [3.8, 4) is 5.75 Å². The lowest BCUT2D eigenvalue weighted by molar-refractivity contribution is -0.155. The molecule has 0 fully saturated rings. The Labute approximate surface area is 166 Å². The average Bonchev–Trinajstić information content (AvgIpc) is 2.62. The molecule has 2 rings (SSSR count). The van der Waals surface area contributed by atoms with Crippen LogP contribution in [0.2, 0.25) is 10.0 Å². The first-order valence-electron chi connectivity index (χ1n) is 7.95. The van der Waals surface area contributed by atoms with Crippen LogP contribution in [0.4, 0.5) is 5.69 Å². The first-order chi connectivity index (χ1) is 12.8. The Bertz CT molecular complexity index is 852. The third-order valence-electron chi connectivity index (χ3n) is 3.48. The summed E-state index contributed by atoms with van der Waals surface area (Å²) in [6.07, 6.45) is -1.05. The number of ether oxygens (including phenoxy) is 2. The molecule has 0 aliphatic heterocycles. The number of hydrogen-bond donors (Lipinski definition) is 1. The lowest BCUT2D eigenvalue weighted by Gasteiger charge is -2.14. The molecule has 0 radical (unpaired) electrons. The SMILES string of the molecule is CC(=O)c1ccc(OCC(=O)O[C@H](C)C(=O)Nc2ccc(Cl)cc2Cl)cc1. The van der Waals surface area contributed by atoms with Gasteiger partial charge in [-0.15, -0.1) is 0 Å². The molecule has 0 saturated carbocycles. The van der Waals surface area contributed by atoms with Crippen LogP contribution < -0.4 is 10.1 Å². The van der Waals surface area contributed by atoms with Crippen LogP contribution in [0.15, 0.2) is 42.5 Å². The van der Waals surface area contributed by atoms with Crippen molar-refractivity contribution in [3.63, 3.8) is 0 Å². The van der Waals surface area contributed by atoms with Crippen LogP contribution in [0, 0.1) is 0 Å². The van der Waals surface area contributed by atoms with Gasteiger partial charge in [0.15, 0.2) is 18.5 Å². The molecular formula is C19H17Cl2NO5. The van der Waals surface area contributed by atoms with E-state index in [9.17, 15) is 14.4 Å². The number of carbonyl (C=O) groups is 3. The summed E-state index contributed by atoms with van der Waals surface area (Å²) in [5.74, 6) is -0.919. The summed E-state index contributed by atoms with van der Waals surface area (Å²) in [4.78, 5) is 35.2. The molecule has 0 aliphatic carbocycles. The second-order valence-electron chi connectivity index (χ2n) is 5.61. The van der Waals surface area contributed by atoms with Gasteiger partial charge in [0.1, 0.15) is 5.75 Å². The summed E-state index contributed by atoms with van der Waals surface area (Å²) in [7, 11) is 0. The highest BCUT2D eigenvalue weighted by Gasteiger charge is 2.19. The number of carbonyl (C=O) groups excluding carboxylic acids is 3. The minimum Gasteiger partial charge on any atom is -0.482 e. The third-order valence-corrected chi connectivity index (χ3v) is 4.03. The van der Waals surface area contributed by atoms with Gasteiger partial charge in [-0.2, -0.15) is 0 Å². The van der Waals surface area contributed by atoms with Crippen molar-refractivity contribution in [1.82, 2.24) is 0 Å². The van der Waals surface area contributed by atoms with E-state index >= 15 is 0 Å². The predicted octanol–water partition coefficient (Wildman–Crippen LogP) is 4.15. The van der Waals surface area contributed by atoms with Gasteiger partial charge in [-0.25, -0.2) is 4.79 Å². The Morgan fingerprint density at radius 3 is 2.33 bits per heavy atom. The standard InChI is InChI=1S/C19H17Cl2NO5/c1-11(23)13-3-6-15(7-4-13)26-10-18(24)27-12(2)19(25)22-17-8-5-14(20)9-16(17)21/h3-9,12H,10H2,1-2H3,(H,22,25)/t12-/m1/s1.